The average Bonchev–Trinajstić information content (AvgIpc) is 2.88. The lowest BCUT2D eigenvalue weighted by atomic mass is 10.0. The average molecular weight is 404 g/mol. The van der Waals surface area contributed by atoms with Gasteiger partial charge in [-0.15, -0.1) is 22.9 Å². The molecule has 0 amide bonds. The standard InChI is InChI=1S/C16H10BrCl2FS/c17-12-4-1-3-9-11(8-21-16(9)12)14(19)7-10-13(18)5-2-6-15(10)20/h1-6,8,14H,7H2. The molecule has 0 aliphatic rings. The Bertz CT molecular complexity index is 780. The zero-order valence-electron chi connectivity index (χ0n) is 10.7. The van der Waals surface area contributed by atoms with E-state index < -0.39 is 0 Å². The van der Waals surface area contributed by atoms with Crippen molar-refractivity contribution in [2.75, 3.05) is 0 Å². The summed E-state index contributed by atoms with van der Waals surface area (Å²) in [6.45, 7) is 0. The molecular weight excluding hydrogens is 394 g/mol. The number of alkyl halides is 1. The van der Waals surface area contributed by atoms with E-state index >= 15 is 0 Å². The molecular formula is C16H10BrCl2FS. The monoisotopic (exact) mass is 402 g/mol. The number of halogens is 4. The van der Waals surface area contributed by atoms with Crippen LogP contribution in [0.3, 0.4) is 0 Å². The molecule has 0 aliphatic heterocycles. The fourth-order valence-corrected chi connectivity index (χ4v) is 4.63. The Kier molecular flexibility index (Phi) is 4.55. The van der Waals surface area contributed by atoms with Crippen LogP contribution in [0.1, 0.15) is 16.5 Å². The molecule has 1 heterocycles. The molecule has 0 spiro atoms. The summed E-state index contributed by atoms with van der Waals surface area (Å²) in [6.07, 6.45) is 0.366. The molecule has 0 aliphatic carbocycles. The van der Waals surface area contributed by atoms with Crippen molar-refractivity contribution in [3.63, 3.8) is 0 Å². The highest BCUT2D eigenvalue weighted by Crippen LogP contribution is 2.39. The zero-order chi connectivity index (χ0) is 15.0. The second-order valence-electron chi connectivity index (χ2n) is 4.68. The lowest BCUT2D eigenvalue weighted by Gasteiger charge is -2.11. The van der Waals surface area contributed by atoms with Gasteiger partial charge in [-0.3, -0.25) is 0 Å². The number of hydrogen-bond acceptors (Lipinski definition) is 1. The minimum atomic E-state index is -0.317. The third kappa shape index (κ3) is 2.98. The Morgan fingerprint density at radius 1 is 1.19 bits per heavy atom. The largest absolute Gasteiger partial charge is 0.207 e. The summed E-state index contributed by atoms with van der Waals surface area (Å²) >= 11 is 17.8. The third-order valence-corrected chi connectivity index (χ3v) is 6.08. The van der Waals surface area contributed by atoms with Crippen LogP contribution in [0.2, 0.25) is 5.02 Å². The van der Waals surface area contributed by atoms with E-state index in [1.165, 1.54) is 6.07 Å². The van der Waals surface area contributed by atoms with Gasteiger partial charge in [-0.1, -0.05) is 29.8 Å². The molecule has 108 valence electrons. The predicted octanol–water partition coefficient (Wildman–Crippen LogP) is 6.98. The molecule has 0 fully saturated rings. The topological polar surface area (TPSA) is 0 Å². The molecule has 0 saturated carbocycles. The van der Waals surface area contributed by atoms with Gasteiger partial charge in [0.25, 0.3) is 0 Å². The number of fused-ring (bicyclic) bond motifs is 1. The van der Waals surface area contributed by atoms with Crippen LogP contribution in [-0.4, -0.2) is 0 Å². The summed E-state index contributed by atoms with van der Waals surface area (Å²) in [6, 6.07) is 10.7. The summed E-state index contributed by atoms with van der Waals surface area (Å²) in [5, 5.41) is 3.23. The third-order valence-electron chi connectivity index (χ3n) is 3.36. The first-order valence-corrected chi connectivity index (χ1v) is 8.79. The Morgan fingerprint density at radius 3 is 2.71 bits per heavy atom. The number of hydrogen-bond donors (Lipinski definition) is 0. The molecule has 21 heavy (non-hydrogen) atoms. The Morgan fingerprint density at radius 2 is 1.95 bits per heavy atom. The van der Waals surface area contributed by atoms with Gasteiger partial charge in [0.1, 0.15) is 5.82 Å². The van der Waals surface area contributed by atoms with Gasteiger partial charge in [-0.2, -0.15) is 0 Å². The van der Waals surface area contributed by atoms with E-state index in [1.807, 2.05) is 23.6 Å². The highest BCUT2D eigenvalue weighted by molar-refractivity contribution is 9.10. The molecule has 0 nitrogen and oxygen atoms in total. The lowest BCUT2D eigenvalue weighted by molar-refractivity contribution is 0.607. The molecule has 3 rings (SSSR count). The minimum Gasteiger partial charge on any atom is -0.207 e. The number of benzene rings is 2. The first-order chi connectivity index (χ1) is 10.1. The summed E-state index contributed by atoms with van der Waals surface area (Å²) in [5.74, 6) is -0.311. The summed E-state index contributed by atoms with van der Waals surface area (Å²) in [7, 11) is 0. The van der Waals surface area contributed by atoms with Crippen molar-refractivity contribution in [1.82, 2.24) is 0 Å². The molecule has 0 radical (unpaired) electrons. The van der Waals surface area contributed by atoms with E-state index in [9.17, 15) is 4.39 Å². The molecule has 1 aromatic heterocycles. The molecule has 1 atom stereocenters. The summed E-state index contributed by atoms with van der Waals surface area (Å²) in [4.78, 5) is 0. The summed E-state index contributed by atoms with van der Waals surface area (Å²) < 4.78 is 16.1. The molecule has 1 unspecified atom stereocenters. The molecule has 0 N–H and O–H groups in total. The van der Waals surface area contributed by atoms with Gasteiger partial charge in [0.05, 0.1) is 5.38 Å². The minimum absolute atomic E-state index is 0.311. The summed E-state index contributed by atoms with van der Waals surface area (Å²) in [5.41, 5.74) is 1.48. The van der Waals surface area contributed by atoms with Gasteiger partial charge in [0, 0.05) is 19.8 Å². The van der Waals surface area contributed by atoms with Crippen molar-refractivity contribution in [2.45, 2.75) is 11.8 Å². The SMILES string of the molecule is Fc1cccc(Cl)c1CC(Cl)c1csc2c(Br)cccc12. The Balaban J connectivity index is 1.98. The van der Waals surface area contributed by atoms with E-state index in [4.69, 9.17) is 23.2 Å². The molecule has 2 aromatic carbocycles. The van der Waals surface area contributed by atoms with Crippen molar-refractivity contribution in [1.29, 1.82) is 0 Å². The first kappa shape index (κ1) is 15.3. The number of rotatable bonds is 3. The molecule has 3 aromatic rings. The van der Waals surface area contributed by atoms with Crippen molar-refractivity contribution >= 4 is 60.6 Å². The van der Waals surface area contributed by atoms with E-state index in [0.717, 1.165) is 20.1 Å². The van der Waals surface area contributed by atoms with Crippen molar-refractivity contribution < 1.29 is 4.39 Å². The second-order valence-corrected chi connectivity index (χ2v) is 7.35. The maximum atomic E-state index is 13.9. The van der Waals surface area contributed by atoms with Crippen LogP contribution in [0.15, 0.2) is 46.3 Å². The maximum Gasteiger partial charge on any atom is 0.127 e. The van der Waals surface area contributed by atoms with Crippen LogP contribution in [0.4, 0.5) is 4.39 Å². The van der Waals surface area contributed by atoms with E-state index in [1.54, 1.807) is 23.5 Å². The van der Waals surface area contributed by atoms with E-state index in [2.05, 4.69) is 15.9 Å². The van der Waals surface area contributed by atoms with E-state index in [0.29, 0.717) is 17.0 Å². The van der Waals surface area contributed by atoms with Crippen LogP contribution in [0.5, 0.6) is 0 Å². The Hall–Kier alpha value is -0.610. The van der Waals surface area contributed by atoms with Gasteiger partial charge < -0.3 is 0 Å². The normalized spacial score (nSPS) is 12.8. The van der Waals surface area contributed by atoms with Gasteiger partial charge >= 0.3 is 0 Å². The fraction of sp³-hybridized carbons (Fsp3) is 0.125. The first-order valence-electron chi connectivity index (χ1n) is 6.30. The van der Waals surface area contributed by atoms with Crippen LogP contribution < -0.4 is 0 Å². The van der Waals surface area contributed by atoms with Gasteiger partial charge in [0.2, 0.25) is 0 Å². The van der Waals surface area contributed by atoms with Crippen molar-refractivity contribution in [3.05, 3.63) is 68.2 Å². The molecule has 5 heteroatoms. The van der Waals surface area contributed by atoms with Crippen molar-refractivity contribution in [3.8, 4) is 0 Å². The second kappa shape index (κ2) is 6.25. The van der Waals surface area contributed by atoms with E-state index in [-0.39, 0.29) is 11.2 Å². The zero-order valence-corrected chi connectivity index (χ0v) is 14.7. The van der Waals surface area contributed by atoms with Crippen LogP contribution in [-0.2, 0) is 6.42 Å². The van der Waals surface area contributed by atoms with Crippen molar-refractivity contribution in [2.24, 2.45) is 0 Å². The van der Waals surface area contributed by atoms with Crippen LogP contribution >= 0.6 is 50.5 Å². The smallest absolute Gasteiger partial charge is 0.127 e. The number of thiophene rings is 1. The van der Waals surface area contributed by atoms with Gasteiger partial charge in [0.15, 0.2) is 0 Å². The Labute approximate surface area is 144 Å². The highest BCUT2D eigenvalue weighted by Gasteiger charge is 2.18. The quantitative estimate of drug-likeness (QED) is 0.413. The van der Waals surface area contributed by atoms with Crippen LogP contribution in [0.25, 0.3) is 10.1 Å². The van der Waals surface area contributed by atoms with Crippen LogP contribution in [0, 0.1) is 5.82 Å². The highest BCUT2D eigenvalue weighted by atomic mass is 79.9. The maximum absolute atomic E-state index is 13.9. The predicted molar refractivity (Wildman–Crippen MR) is 93.2 cm³/mol. The van der Waals surface area contributed by atoms with Gasteiger partial charge in [-0.25, -0.2) is 4.39 Å². The molecule has 0 bridgehead atoms. The fourth-order valence-electron chi connectivity index (χ4n) is 2.30. The van der Waals surface area contributed by atoms with Gasteiger partial charge in [-0.05, 0) is 56.9 Å². The lowest BCUT2D eigenvalue weighted by Crippen LogP contribution is -1.99. The molecule has 0 saturated heterocycles.